The van der Waals surface area contributed by atoms with Crippen LogP contribution in [0.15, 0.2) is 60.8 Å². The summed E-state index contributed by atoms with van der Waals surface area (Å²) in [5, 5.41) is 3.04. The monoisotopic (exact) mass is 1030 g/mol. The van der Waals surface area contributed by atoms with Gasteiger partial charge in [0.2, 0.25) is 5.91 Å². The van der Waals surface area contributed by atoms with Crippen molar-refractivity contribution in [2.24, 2.45) is 0 Å². The summed E-state index contributed by atoms with van der Waals surface area (Å²) < 4.78 is 30.6. The first kappa shape index (κ1) is 69.7. The fraction of sp³-hybridized carbons (Fsp3) is 0.806. The number of ether oxygens (including phenoxy) is 1. The summed E-state index contributed by atoms with van der Waals surface area (Å²) in [7, 11) is 1.48. The molecular weight excluding hydrogens is 916 g/mol. The molecule has 0 saturated carbocycles. The Labute approximate surface area is 445 Å². The highest BCUT2D eigenvalue weighted by atomic mass is 31.2. The number of likely N-dealkylation sites (N-methyl/N-ethyl adjacent to an activating group) is 1. The first-order valence-electron chi connectivity index (χ1n) is 30.1. The van der Waals surface area contributed by atoms with Crippen molar-refractivity contribution in [2.75, 3.05) is 40.9 Å². The van der Waals surface area contributed by atoms with E-state index < -0.39 is 20.0 Å². The Morgan fingerprint density at radius 2 is 0.903 bits per heavy atom. The zero-order valence-corrected chi connectivity index (χ0v) is 48.8. The zero-order chi connectivity index (χ0) is 52.9. The molecule has 0 fully saturated rings. The quantitative estimate of drug-likeness (QED) is 0.0156. The first-order valence-corrected chi connectivity index (χ1v) is 31.6. The Balaban J connectivity index is 5.23. The van der Waals surface area contributed by atoms with Crippen LogP contribution in [-0.4, -0.2) is 74.3 Å². The highest BCUT2D eigenvalue weighted by Gasteiger charge is 2.30. The molecule has 0 aromatic carbocycles. The smallest absolute Gasteiger partial charge is 0.456 e. The number of nitrogens with one attached hydrogen (secondary N) is 1. The van der Waals surface area contributed by atoms with Gasteiger partial charge in [0.1, 0.15) is 19.3 Å². The van der Waals surface area contributed by atoms with Crippen LogP contribution in [0.4, 0.5) is 0 Å². The third-order valence-electron chi connectivity index (χ3n) is 13.3. The summed E-state index contributed by atoms with van der Waals surface area (Å²) >= 11 is 0. The maximum absolute atomic E-state index is 13.5. The second kappa shape index (κ2) is 52.2. The van der Waals surface area contributed by atoms with Crippen molar-refractivity contribution >= 4 is 19.7 Å². The van der Waals surface area contributed by atoms with Crippen molar-refractivity contribution in [1.29, 1.82) is 0 Å². The Morgan fingerprint density at radius 1 is 0.500 bits per heavy atom. The minimum absolute atomic E-state index is 0.0349. The number of unbranched alkanes of at least 4 members (excludes halogenated alkanes) is 32. The number of quaternary nitrogens is 1. The van der Waals surface area contributed by atoms with Crippen molar-refractivity contribution < 1.29 is 37.3 Å². The molecule has 0 bridgehead atoms. The second-order valence-corrected chi connectivity index (χ2v) is 23.0. The van der Waals surface area contributed by atoms with E-state index in [1.807, 2.05) is 33.3 Å². The topological polar surface area (TPSA) is 111 Å². The number of hydrogen-bond donors (Lipinski definition) is 2. The van der Waals surface area contributed by atoms with Gasteiger partial charge in [-0.25, -0.2) is 4.57 Å². The Morgan fingerprint density at radius 3 is 1.36 bits per heavy atom. The highest BCUT2D eigenvalue weighted by Crippen LogP contribution is 2.43. The molecule has 0 aliphatic carbocycles. The van der Waals surface area contributed by atoms with Crippen LogP contribution in [0.2, 0.25) is 0 Å². The van der Waals surface area contributed by atoms with E-state index in [-0.39, 0.29) is 31.5 Å². The van der Waals surface area contributed by atoms with E-state index in [0.29, 0.717) is 17.4 Å². The van der Waals surface area contributed by atoms with Gasteiger partial charge in [-0.1, -0.05) is 242 Å². The normalized spacial score (nSPS) is 14.2. The summed E-state index contributed by atoms with van der Waals surface area (Å²) in [6.07, 6.45) is 65.1. The first-order chi connectivity index (χ1) is 34.9. The lowest BCUT2D eigenvalue weighted by Crippen LogP contribution is -2.47. The molecule has 0 aromatic rings. The van der Waals surface area contributed by atoms with Crippen LogP contribution in [0.3, 0.4) is 0 Å². The molecule has 0 aliphatic rings. The van der Waals surface area contributed by atoms with E-state index in [1.54, 1.807) is 0 Å². The number of rotatable bonds is 54. The highest BCUT2D eigenvalue weighted by molar-refractivity contribution is 7.47. The van der Waals surface area contributed by atoms with Crippen LogP contribution in [-0.2, 0) is 27.9 Å². The van der Waals surface area contributed by atoms with Crippen LogP contribution in [0.5, 0.6) is 0 Å². The van der Waals surface area contributed by atoms with Gasteiger partial charge in [-0.05, 0) is 76.7 Å². The van der Waals surface area contributed by atoms with Crippen LogP contribution in [0.25, 0.3) is 0 Å². The minimum Gasteiger partial charge on any atom is -0.456 e. The molecule has 0 radical (unpaired) electrons. The maximum Gasteiger partial charge on any atom is 0.472 e. The lowest BCUT2D eigenvalue weighted by atomic mass is 10.0. The summed E-state index contributed by atoms with van der Waals surface area (Å²) in [6, 6.07) is -0.859. The summed E-state index contributed by atoms with van der Waals surface area (Å²) in [5.74, 6) is -0.526. The number of amides is 1. The van der Waals surface area contributed by atoms with Crippen LogP contribution in [0.1, 0.15) is 271 Å². The largest absolute Gasteiger partial charge is 0.472 e. The van der Waals surface area contributed by atoms with Gasteiger partial charge in [-0.2, -0.15) is 0 Å². The predicted octanol–water partition coefficient (Wildman–Crippen LogP) is 18.3. The molecular formula is C62H116N2O7P+. The predicted molar refractivity (Wildman–Crippen MR) is 309 cm³/mol. The lowest BCUT2D eigenvalue weighted by Gasteiger charge is -2.27. The number of phosphoric acid groups is 1. The van der Waals surface area contributed by atoms with Gasteiger partial charge in [0.15, 0.2) is 0 Å². The van der Waals surface area contributed by atoms with Gasteiger partial charge in [0.05, 0.1) is 33.8 Å². The van der Waals surface area contributed by atoms with E-state index in [4.69, 9.17) is 13.8 Å². The number of esters is 1. The van der Waals surface area contributed by atoms with Crippen molar-refractivity contribution in [2.45, 2.75) is 283 Å². The zero-order valence-electron chi connectivity index (χ0n) is 47.9. The average molecular weight is 1030 g/mol. The van der Waals surface area contributed by atoms with Gasteiger partial charge >= 0.3 is 13.8 Å². The summed E-state index contributed by atoms with van der Waals surface area (Å²) in [4.78, 5) is 37.6. The van der Waals surface area contributed by atoms with E-state index >= 15 is 0 Å². The standard InChI is InChI=1S/C62H115N2O7P/c1-7-10-13-16-19-22-25-28-29-30-31-32-33-34-35-37-40-43-46-49-52-55-62(66)71-60(53-50-47-44-41-38-27-24-21-18-15-12-9-3)59(58-70-72(67,68)69-57-56-64(4,5)6)63-61(65)54-51-48-45-42-39-36-26-23-20-17-14-11-8-2/h11,14,17,20,23,26,28-29,50,53,59-60H,7-10,12-13,15-16,18-19,21-22,24-25,27,30-49,51-52,54-58H2,1-6H3,(H-,63,65,67,68)/p+1/b14-11+,20-17+,26-23-,29-28+,53-50-. The lowest BCUT2D eigenvalue weighted by molar-refractivity contribution is -0.870. The molecule has 2 N–H and O–H groups in total. The number of allylic oxidation sites excluding steroid dienone is 9. The third-order valence-corrected chi connectivity index (χ3v) is 14.2. The number of carbonyl (C=O) groups excluding carboxylic acids is 2. The molecule has 0 aromatic heterocycles. The Hall–Kier alpha value is -2.29. The van der Waals surface area contributed by atoms with Crippen molar-refractivity contribution in [3.63, 3.8) is 0 Å². The fourth-order valence-corrected chi connectivity index (χ4v) is 9.32. The minimum atomic E-state index is -4.45. The molecule has 0 saturated heterocycles. The maximum atomic E-state index is 13.5. The summed E-state index contributed by atoms with van der Waals surface area (Å²) in [5.41, 5.74) is 0. The Bertz CT molecular complexity index is 1420. The number of nitrogens with zero attached hydrogens (tertiary/aromatic N) is 1. The average Bonchev–Trinajstić information content (AvgIpc) is 3.34. The van der Waals surface area contributed by atoms with Crippen LogP contribution in [0, 0.1) is 0 Å². The molecule has 72 heavy (non-hydrogen) atoms. The van der Waals surface area contributed by atoms with E-state index in [0.717, 1.165) is 83.5 Å². The number of phosphoric ester groups is 1. The molecule has 0 aliphatic heterocycles. The van der Waals surface area contributed by atoms with Gasteiger partial charge < -0.3 is 19.4 Å². The third kappa shape index (κ3) is 52.6. The summed E-state index contributed by atoms with van der Waals surface area (Å²) in [6.45, 7) is 6.87. The van der Waals surface area contributed by atoms with Crippen molar-refractivity contribution in [3.8, 4) is 0 Å². The van der Waals surface area contributed by atoms with E-state index in [1.165, 1.54) is 154 Å². The van der Waals surface area contributed by atoms with Crippen LogP contribution >= 0.6 is 7.82 Å². The van der Waals surface area contributed by atoms with E-state index in [9.17, 15) is 19.0 Å². The molecule has 0 rings (SSSR count). The van der Waals surface area contributed by atoms with Crippen LogP contribution < -0.4 is 5.32 Å². The Kier molecular flexibility index (Phi) is 50.5. The van der Waals surface area contributed by atoms with E-state index in [2.05, 4.69) is 74.7 Å². The van der Waals surface area contributed by atoms with Gasteiger partial charge in [-0.15, -0.1) is 0 Å². The fourth-order valence-electron chi connectivity index (χ4n) is 8.58. The van der Waals surface area contributed by atoms with Gasteiger partial charge in [0.25, 0.3) is 0 Å². The SMILES string of the molecule is CC/C=C/C=C/C=C\CCCCCCCC(=O)NC(COP(=O)(O)OCC[N+](C)(C)C)C(/C=C\CCCCCCCCCCCC)OC(=O)CCCCCCCCCCCCC/C=C/CCCCCCCC. The molecule has 1 amide bonds. The van der Waals surface area contributed by atoms with Crippen molar-refractivity contribution in [3.05, 3.63) is 60.8 Å². The molecule has 0 spiro atoms. The molecule has 0 heterocycles. The molecule has 9 nitrogen and oxygen atoms in total. The van der Waals surface area contributed by atoms with Gasteiger partial charge in [-0.3, -0.25) is 18.6 Å². The number of hydrogen-bond acceptors (Lipinski definition) is 6. The van der Waals surface area contributed by atoms with Gasteiger partial charge in [0, 0.05) is 12.8 Å². The molecule has 420 valence electrons. The molecule has 3 unspecified atom stereocenters. The second-order valence-electron chi connectivity index (χ2n) is 21.6. The molecule has 3 atom stereocenters. The van der Waals surface area contributed by atoms with Crippen molar-refractivity contribution in [1.82, 2.24) is 5.32 Å². The number of carbonyl (C=O) groups is 2. The molecule has 10 heteroatoms.